The van der Waals surface area contributed by atoms with Crippen LogP contribution in [0, 0.1) is 0 Å². The van der Waals surface area contributed by atoms with Crippen molar-refractivity contribution in [1.29, 1.82) is 0 Å². The Labute approximate surface area is 74.3 Å². The molecule has 0 saturated carbocycles. The zero-order chi connectivity index (χ0) is 9.10. The summed E-state index contributed by atoms with van der Waals surface area (Å²) in [4.78, 5) is 4.10. The molecule has 5 nitrogen and oxygen atoms in total. The van der Waals surface area contributed by atoms with Gasteiger partial charge in [-0.25, -0.2) is 4.63 Å². The van der Waals surface area contributed by atoms with Crippen LogP contribution in [0.15, 0.2) is 29.2 Å². The van der Waals surface area contributed by atoms with E-state index >= 15 is 0 Å². The third kappa shape index (κ3) is 1.48. The van der Waals surface area contributed by atoms with E-state index in [4.69, 9.17) is 4.74 Å². The Morgan fingerprint density at radius 2 is 2.15 bits per heavy atom. The molecule has 0 spiro atoms. The Hall–Kier alpha value is -1.91. The zero-order valence-corrected chi connectivity index (χ0v) is 6.97. The number of methoxy groups -OCH3 is 1. The summed E-state index contributed by atoms with van der Waals surface area (Å²) in [6.07, 6.45) is 3.12. The molecule has 66 valence electrons. The molecule has 2 aromatic rings. The van der Waals surface area contributed by atoms with Gasteiger partial charge in [0.05, 0.1) is 19.0 Å². The molecule has 0 aliphatic carbocycles. The van der Waals surface area contributed by atoms with Gasteiger partial charge < -0.3 is 4.74 Å². The molecule has 0 N–H and O–H groups in total. The maximum Gasteiger partial charge on any atom is 0.153 e. The fraction of sp³-hybridized carbons (Fsp3) is 0.125. The van der Waals surface area contributed by atoms with Crippen molar-refractivity contribution in [2.75, 3.05) is 7.11 Å². The Morgan fingerprint density at radius 1 is 1.23 bits per heavy atom. The summed E-state index contributed by atoms with van der Waals surface area (Å²) in [5.74, 6) is 0.709. The van der Waals surface area contributed by atoms with Gasteiger partial charge >= 0.3 is 0 Å². The molecule has 13 heavy (non-hydrogen) atoms. The smallest absolute Gasteiger partial charge is 0.153 e. The standard InChI is InChI=1S/C8H7N3O2/c1-12-6-2-3-7(9-4-6)8-5-10-13-11-8/h2-5H,1H3. The molecular formula is C8H7N3O2. The predicted octanol–water partition coefficient (Wildman–Crippen LogP) is 1.14. The lowest BCUT2D eigenvalue weighted by atomic mass is 10.3. The molecule has 2 rings (SSSR count). The average Bonchev–Trinajstić information content (AvgIpc) is 2.71. The van der Waals surface area contributed by atoms with Crippen LogP contribution in [-0.2, 0) is 0 Å². The molecule has 2 heterocycles. The van der Waals surface area contributed by atoms with Crippen molar-refractivity contribution in [3.63, 3.8) is 0 Å². The summed E-state index contributed by atoms with van der Waals surface area (Å²) in [5.41, 5.74) is 1.32. The Morgan fingerprint density at radius 3 is 2.69 bits per heavy atom. The third-order valence-electron chi connectivity index (χ3n) is 1.60. The largest absolute Gasteiger partial charge is 0.495 e. The van der Waals surface area contributed by atoms with Crippen LogP contribution in [0.25, 0.3) is 11.4 Å². The SMILES string of the molecule is COc1ccc(-c2cnon2)nc1. The number of rotatable bonds is 2. The number of pyridine rings is 1. The molecule has 0 aromatic carbocycles. The highest BCUT2D eigenvalue weighted by Crippen LogP contribution is 2.15. The number of hydrogen-bond donors (Lipinski definition) is 0. The van der Waals surface area contributed by atoms with Crippen LogP contribution in [0.5, 0.6) is 5.75 Å². The molecule has 2 aromatic heterocycles. The second-order valence-electron chi connectivity index (χ2n) is 2.38. The van der Waals surface area contributed by atoms with E-state index in [0.29, 0.717) is 17.1 Å². The lowest BCUT2D eigenvalue weighted by Crippen LogP contribution is -1.86. The van der Waals surface area contributed by atoms with E-state index in [0.717, 1.165) is 0 Å². The first-order chi connectivity index (χ1) is 6.40. The Balaban J connectivity index is 2.33. The summed E-state index contributed by atoms with van der Waals surface area (Å²) in [6.45, 7) is 0. The highest BCUT2D eigenvalue weighted by molar-refractivity contribution is 5.52. The quantitative estimate of drug-likeness (QED) is 0.688. The van der Waals surface area contributed by atoms with Gasteiger partial charge in [0.1, 0.15) is 11.9 Å². The van der Waals surface area contributed by atoms with Gasteiger partial charge in [-0.3, -0.25) is 4.98 Å². The fourth-order valence-electron chi connectivity index (χ4n) is 0.930. The predicted molar refractivity (Wildman–Crippen MR) is 44.1 cm³/mol. The van der Waals surface area contributed by atoms with E-state index in [-0.39, 0.29) is 0 Å². The Bertz CT molecular complexity index is 369. The summed E-state index contributed by atoms with van der Waals surface area (Å²) in [6, 6.07) is 3.59. The van der Waals surface area contributed by atoms with Gasteiger partial charge in [-0.1, -0.05) is 5.16 Å². The van der Waals surface area contributed by atoms with Gasteiger partial charge in [-0.05, 0) is 17.3 Å². The van der Waals surface area contributed by atoms with Crippen molar-refractivity contribution in [3.05, 3.63) is 24.5 Å². The second-order valence-corrected chi connectivity index (χ2v) is 2.38. The number of aromatic nitrogens is 3. The number of hydrogen-bond acceptors (Lipinski definition) is 5. The van der Waals surface area contributed by atoms with Crippen LogP contribution in [0.3, 0.4) is 0 Å². The molecule has 0 aliphatic rings. The van der Waals surface area contributed by atoms with E-state index in [9.17, 15) is 0 Å². The minimum Gasteiger partial charge on any atom is -0.495 e. The van der Waals surface area contributed by atoms with Gasteiger partial charge in [-0.15, -0.1) is 0 Å². The van der Waals surface area contributed by atoms with Crippen LogP contribution in [-0.4, -0.2) is 22.4 Å². The van der Waals surface area contributed by atoms with Gasteiger partial charge in [0, 0.05) is 0 Å². The fourth-order valence-corrected chi connectivity index (χ4v) is 0.930. The van der Waals surface area contributed by atoms with E-state index in [1.807, 2.05) is 0 Å². The van der Waals surface area contributed by atoms with E-state index < -0.39 is 0 Å². The van der Waals surface area contributed by atoms with Crippen molar-refractivity contribution in [2.45, 2.75) is 0 Å². The number of nitrogens with zero attached hydrogens (tertiary/aromatic N) is 3. The molecule has 0 unspecified atom stereocenters. The lowest BCUT2D eigenvalue weighted by Gasteiger charge is -1.98. The Kier molecular flexibility index (Phi) is 1.91. The maximum absolute atomic E-state index is 4.96. The molecule has 0 saturated heterocycles. The third-order valence-corrected chi connectivity index (χ3v) is 1.60. The molecule has 0 amide bonds. The highest BCUT2D eigenvalue weighted by atomic mass is 16.6. The van der Waals surface area contributed by atoms with Crippen LogP contribution in [0.2, 0.25) is 0 Å². The van der Waals surface area contributed by atoms with Crippen molar-refractivity contribution in [3.8, 4) is 17.1 Å². The summed E-state index contributed by atoms with van der Waals surface area (Å²) >= 11 is 0. The topological polar surface area (TPSA) is 61.0 Å². The monoisotopic (exact) mass is 177 g/mol. The summed E-state index contributed by atoms with van der Waals surface area (Å²) in [5, 5.41) is 7.14. The van der Waals surface area contributed by atoms with Crippen molar-refractivity contribution >= 4 is 0 Å². The molecule has 5 heteroatoms. The molecule has 0 aliphatic heterocycles. The lowest BCUT2D eigenvalue weighted by molar-refractivity contribution is 0.308. The van der Waals surface area contributed by atoms with Crippen molar-refractivity contribution in [2.24, 2.45) is 0 Å². The molecule has 0 bridgehead atoms. The van der Waals surface area contributed by atoms with Crippen molar-refractivity contribution in [1.82, 2.24) is 15.3 Å². The molecule has 0 fully saturated rings. The van der Waals surface area contributed by atoms with Gasteiger partial charge in [0.25, 0.3) is 0 Å². The first-order valence-corrected chi connectivity index (χ1v) is 3.68. The van der Waals surface area contributed by atoms with Gasteiger partial charge in [0.2, 0.25) is 0 Å². The minimum absolute atomic E-state index is 0.614. The van der Waals surface area contributed by atoms with Crippen LogP contribution >= 0.6 is 0 Å². The first kappa shape index (κ1) is 7.72. The second kappa shape index (κ2) is 3.22. The normalized spacial score (nSPS) is 9.92. The maximum atomic E-state index is 4.96. The summed E-state index contributed by atoms with van der Waals surface area (Å²) in [7, 11) is 1.59. The van der Waals surface area contributed by atoms with E-state index in [2.05, 4.69) is 19.9 Å². The van der Waals surface area contributed by atoms with E-state index in [1.165, 1.54) is 6.20 Å². The molecular weight excluding hydrogens is 170 g/mol. The molecule has 0 radical (unpaired) electrons. The van der Waals surface area contributed by atoms with Crippen LogP contribution in [0.4, 0.5) is 0 Å². The zero-order valence-electron chi connectivity index (χ0n) is 6.97. The number of ether oxygens (including phenoxy) is 1. The average molecular weight is 177 g/mol. The van der Waals surface area contributed by atoms with E-state index in [1.54, 1.807) is 25.4 Å². The minimum atomic E-state index is 0.614. The van der Waals surface area contributed by atoms with Crippen LogP contribution < -0.4 is 4.74 Å². The highest BCUT2D eigenvalue weighted by Gasteiger charge is 2.02. The molecule has 0 atom stereocenters. The first-order valence-electron chi connectivity index (χ1n) is 3.68. The summed E-state index contributed by atoms with van der Waals surface area (Å²) < 4.78 is 9.42. The van der Waals surface area contributed by atoms with Gasteiger partial charge in [0.15, 0.2) is 5.69 Å². The van der Waals surface area contributed by atoms with Gasteiger partial charge in [-0.2, -0.15) is 0 Å². The van der Waals surface area contributed by atoms with Crippen LogP contribution in [0.1, 0.15) is 0 Å². The van der Waals surface area contributed by atoms with Crippen molar-refractivity contribution < 1.29 is 9.37 Å².